The number of halogens is 2. The van der Waals surface area contributed by atoms with E-state index in [4.69, 9.17) is 11.6 Å². The van der Waals surface area contributed by atoms with Crippen LogP contribution < -0.4 is 9.62 Å². The van der Waals surface area contributed by atoms with Crippen LogP contribution in [0.2, 0.25) is 5.02 Å². The van der Waals surface area contributed by atoms with Crippen LogP contribution in [0.1, 0.15) is 18.1 Å². The smallest absolute Gasteiger partial charge is 0.264 e. The maximum absolute atomic E-state index is 13.7. The lowest BCUT2D eigenvalue weighted by molar-refractivity contribution is -0.139. The van der Waals surface area contributed by atoms with Crippen molar-refractivity contribution in [3.05, 3.63) is 93.4 Å². The van der Waals surface area contributed by atoms with Crippen molar-refractivity contribution >= 4 is 55.1 Å². The third-order valence-corrected chi connectivity index (χ3v) is 8.24. The maximum Gasteiger partial charge on any atom is 0.264 e. The third kappa shape index (κ3) is 6.46. The maximum atomic E-state index is 13.7. The van der Waals surface area contributed by atoms with E-state index in [2.05, 4.69) is 21.2 Å². The first-order valence-electron chi connectivity index (χ1n) is 11.1. The minimum Gasteiger partial charge on any atom is -0.357 e. The van der Waals surface area contributed by atoms with Gasteiger partial charge in [-0.15, -0.1) is 0 Å². The molecule has 0 saturated carbocycles. The van der Waals surface area contributed by atoms with E-state index >= 15 is 0 Å². The van der Waals surface area contributed by atoms with E-state index in [1.165, 1.54) is 36.2 Å². The zero-order chi connectivity index (χ0) is 26.5. The number of hydrogen-bond acceptors (Lipinski definition) is 4. The predicted octanol–water partition coefficient (Wildman–Crippen LogP) is 4.77. The summed E-state index contributed by atoms with van der Waals surface area (Å²) >= 11 is 9.39. The zero-order valence-electron chi connectivity index (χ0n) is 20.1. The van der Waals surface area contributed by atoms with Crippen LogP contribution in [-0.2, 0) is 26.2 Å². The first-order valence-corrected chi connectivity index (χ1v) is 13.7. The van der Waals surface area contributed by atoms with Gasteiger partial charge in [0, 0.05) is 23.1 Å². The Bertz CT molecular complexity index is 1350. The normalized spacial score (nSPS) is 12.0. The summed E-state index contributed by atoms with van der Waals surface area (Å²) in [7, 11) is -2.64. The van der Waals surface area contributed by atoms with E-state index < -0.39 is 28.5 Å². The standard InChI is InChI=1S/C26H27BrClN3O4S/c1-18-7-4-5-10-24(18)31(36(34,35)23-13-11-22(28)12-14-23)17-25(32)30(19(2)26(33)29-3)16-20-8-6-9-21(27)15-20/h4-15,19H,16-17H2,1-3H3,(H,29,33)/t19-/m0/s1. The quantitative estimate of drug-likeness (QED) is 0.388. The predicted molar refractivity (Wildman–Crippen MR) is 145 cm³/mol. The van der Waals surface area contributed by atoms with Crippen LogP contribution in [0.5, 0.6) is 0 Å². The number of nitrogens with one attached hydrogen (secondary N) is 1. The Morgan fingerprint density at radius 2 is 1.69 bits per heavy atom. The molecule has 1 atom stereocenters. The summed E-state index contributed by atoms with van der Waals surface area (Å²) in [6.45, 7) is 3.01. The van der Waals surface area contributed by atoms with Gasteiger partial charge in [0.2, 0.25) is 11.8 Å². The minimum absolute atomic E-state index is 0.000780. The van der Waals surface area contributed by atoms with Gasteiger partial charge in [-0.3, -0.25) is 13.9 Å². The number of aryl methyl sites for hydroxylation is 1. The molecule has 0 radical (unpaired) electrons. The average Bonchev–Trinajstić information content (AvgIpc) is 2.85. The Labute approximate surface area is 225 Å². The van der Waals surface area contributed by atoms with E-state index in [0.717, 1.165) is 14.3 Å². The lowest BCUT2D eigenvalue weighted by Gasteiger charge is -2.32. The molecule has 2 amide bonds. The molecule has 3 rings (SSSR count). The molecule has 0 aliphatic heterocycles. The summed E-state index contributed by atoms with van der Waals surface area (Å²) < 4.78 is 29.4. The molecule has 190 valence electrons. The number of amides is 2. The van der Waals surface area contributed by atoms with Gasteiger partial charge in [-0.2, -0.15) is 0 Å². The van der Waals surface area contributed by atoms with Gasteiger partial charge in [0.05, 0.1) is 10.6 Å². The molecule has 0 fully saturated rings. The molecule has 1 N–H and O–H groups in total. The van der Waals surface area contributed by atoms with Gasteiger partial charge in [0.15, 0.2) is 0 Å². The Morgan fingerprint density at radius 1 is 1.03 bits per heavy atom. The molecule has 0 heterocycles. The van der Waals surface area contributed by atoms with E-state index in [1.54, 1.807) is 38.1 Å². The molecule has 36 heavy (non-hydrogen) atoms. The van der Waals surface area contributed by atoms with Crippen molar-refractivity contribution in [3.8, 4) is 0 Å². The highest BCUT2D eigenvalue weighted by atomic mass is 79.9. The number of anilines is 1. The van der Waals surface area contributed by atoms with Gasteiger partial charge in [0.1, 0.15) is 12.6 Å². The first kappa shape index (κ1) is 27.7. The van der Waals surface area contributed by atoms with Crippen LogP contribution in [0.15, 0.2) is 82.2 Å². The van der Waals surface area contributed by atoms with Crippen molar-refractivity contribution in [1.29, 1.82) is 0 Å². The Morgan fingerprint density at radius 3 is 2.31 bits per heavy atom. The molecule has 0 aliphatic rings. The zero-order valence-corrected chi connectivity index (χ0v) is 23.3. The van der Waals surface area contributed by atoms with Crippen molar-refractivity contribution in [3.63, 3.8) is 0 Å². The second-order valence-electron chi connectivity index (χ2n) is 8.19. The molecule has 0 saturated heterocycles. The summed E-state index contributed by atoms with van der Waals surface area (Å²) in [5, 5.41) is 2.96. The summed E-state index contributed by atoms with van der Waals surface area (Å²) in [5.74, 6) is -0.881. The van der Waals surface area contributed by atoms with Crippen LogP contribution >= 0.6 is 27.5 Å². The highest BCUT2D eigenvalue weighted by molar-refractivity contribution is 9.10. The molecular weight excluding hydrogens is 566 g/mol. The molecule has 0 unspecified atom stereocenters. The number of sulfonamides is 1. The fourth-order valence-electron chi connectivity index (χ4n) is 3.71. The Kier molecular flexibility index (Phi) is 9.16. The fraction of sp³-hybridized carbons (Fsp3) is 0.231. The monoisotopic (exact) mass is 591 g/mol. The van der Waals surface area contributed by atoms with Crippen LogP contribution in [0.4, 0.5) is 5.69 Å². The van der Waals surface area contributed by atoms with E-state index in [9.17, 15) is 18.0 Å². The highest BCUT2D eigenvalue weighted by Crippen LogP contribution is 2.28. The van der Waals surface area contributed by atoms with Gasteiger partial charge in [-0.1, -0.05) is 57.9 Å². The number of nitrogens with zero attached hydrogens (tertiary/aromatic N) is 2. The van der Waals surface area contributed by atoms with Crippen LogP contribution in [0.3, 0.4) is 0 Å². The Balaban J connectivity index is 2.05. The largest absolute Gasteiger partial charge is 0.357 e. The number of benzene rings is 3. The molecule has 0 spiro atoms. The summed E-state index contributed by atoms with van der Waals surface area (Å²) in [4.78, 5) is 27.6. The second-order valence-corrected chi connectivity index (χ2v) is 11.4. The topological polar surface area (TPSA) is 86.8 Å². The number of carbonyl (C=O) groups is 2. The average molecular weight is 593 g/mol. The van der Waals surface area contributed by atoms with E-state index in [-0.39, 0.29) is 17.3 Å². The van der Waals surface area contributed by atoms with Crippen LogP contribution in [0, 0.1) is 6.92 Å². The first-order chi connectivity index (χ1) is 17.0. The van der Waals surface area contributed by atoms with Gasteiger partial charge >= 0.3 is 0 Å². The van der Waals surface area contributed by atoms with E-state index in [0.29, 0.717) is 16.3 Å². The van der Waals surface area contributed by atoms with Gasteiger partial charge in [-0.25, -0.2) is 8.42 Å². The van der Waals surface area contributed by atoms with Crippen LogP contribution in [-0.4, -0.2) is 44.8 Å². The fourth-order valence-corrected chi connectivity index (χ4v) is 5.77. The van der Waals surface area contributed by atoms with Crippen LogP contribution in [0.25, 0.3) is 0 Å². The lowest BCUT2D eigenvalue weighted by Crippen LogP contribution is -2.50. The summed E-state index contributed by atoms with van der Waals surface area (Å²) in [6.07, 6.45) is 0. The van der Waals surface area contributed by atoms with Gasteiger partial charge in [-0.05, 0) is 67.4 Å². The lowest BCUT2D eigenvalue weighted by atomic mass is 10.1. The molecule has 7 nitrogen and oxygen atoms in total. The van der Waals surface area contributed by atoms with Crippen molar-refractivity contribution in [2.24, 2.45) is 0 Å². The van der Waals surface area contributed by atoms with Crippen molar-refractivity contribution in [2.75, 3.05) is 17.9 Å². The second kappa shape index (κ2) is 11.9. The third-order valence-electron chi connectivity index (χ3n) is 5.72. The number of para-hydroxylation sites is 1. The molecule has 0 aromatic heterocycles. The number of carbonyl (C=O) groups excluding carboxylic acids is 2. The summed E-state index contributed by atoms with van der Waals surface area (Å²) in [5.41, 5.74) is 1.84. The molecular formula is C26H27BrClN3O4S. The van der Waals surface area contributed by atoms with Crippen molar-refractivity contribution in [2.45, 2.75) is 31.3 Å². The number of rotatable bonds is 9. The SMILES string of the molecule is CNC(=O)[C@H](C)N(Cc1cccc(Br)c1)C(=O)CN(c1ccccc1C)S(=O)(=O)c1ccc(Cl)cc1. The van der Waals surface area contributed by atoms with Gasteiger partial charge < -0.3 is 10.2 Å². The molecule has 0 bridgehead atoms. The Hall–Kier alpha value is -2.88. The van der Waals surface area contributed by atoms with E-state index in [1.807, 2.05) is 24.3 Å². The molecule has 3 aromatic carbocycles. The molecule has 3 aromatic rings. The minimum atomic E-state index is -4.13. The molecule has 0 aliphatic carbocycles. The number of hydrogen-bond donors (Lipinski definition) is 1. The highest BCUT2D eigenvalue weighted by Gasteiger charge is 2.32. The van der Waals surface area contributed by atoms with Gasteiger partial charge in [0.25, 0.3) is 10.0 Å². The van der Waals surface area contributed by atoms with Crippen molar-refractivity contribution < 1.29 is 18.0 Å². The number of likely N-dealkylation sites (N-methyl/N-ethyl adjacent to an activating group) is 1. The summed E-state index contributed by atoms with van der Waals surface area (Å²) in [6, 6.07) is 19.2. The van der Waals surface area contributed by atoms with Crippen molar-refractivity contribution in [1.82, 2.24) is 10.2 Å². The molecule has 10 heteroatoms.